The van der Waals surface area contributed by atoms with Gasteiger partial charge in [0.25, 0.3) is 0 Å². The predicted molar refractivity (Wildman–Crippen MR) is 54.2 cm³/mol. The fourth-order valence-corrected chi connectivity index (χ4v) is 1.28. The van der Waals surface area contributed by atoms with E-state index in [0.717, 1.165) is 6.07 Å². The number of nitrogens with zero attached hydrogens (tertiary/aromatic N) is 1. The molecule has 0 N–H and O–H groups in total. The second-order valence-corrected chi connectivity index (χ2v) is 3.02. The van der Waals surface area contributed by atoms with Gasteiger partial charge in [-0.25, -0.2) is 0 Å². The van der Waals surface area contributed by atoms with Crippen LogP contribution >= 0.6 is 0 Å². The Hall–Kier alpha value is -1.98. The van der Waals surface area contributed by atoms with E-state index in [9.17, 15) is 19.3 Å². The van der Waals surface area contributed by atoms with Crippen molar-refractivity contribution in [3.05, 3.63) is 33.6 Å². The smallest absolute Gasteiger partial charge is 0.346 e. The highest BCUT2D eigenvalue weighted by Crippen LogP contribution is 2.33. The summed E-state index contributed by atoms with van der Waals surface area (Å²) >= 11 is 0. The third-order valence-corrected chi connectivity index (χ3v) is 1.93. The van der Waals surface area contributed by atoms with Crippen LogP contribution in [0.25, 0.3) is 0 Å². The van der Waals surface area contributed by atoms with E-state index < -0.39 is 22.2 Å². The number of hydrogen-bond acceptors (Lipinski definition) is 4. The van der Waals surface area contributed by atoms with Crippen molar-refractivity contribution in [2.45, 2.75) is 13.8 Å². The fraction of sp³-hybridized carbons (Fsp3) is 0.300. The maximum atomic E-state index is 13.2. The first-order valence-electron chi connectivity index (χ1n) is 4.59. The van der Waals surface area contributed by atoms with Crippen molar-refractivity contribution in [1.29, 1.82) is 0 Å². The minimum atomic E-state index is -1.02. The molecule has 0 saturated heterocycles. The lowest BCUT2D eigenvalue weighted by Crippen LogP contribution is -2.06. The van der Waals surface area contributed by atoms with Gasteiger partial charge in [0.2, 0.25) is 11.6 Å². The third kappa shape index (κ3) is 2.16. The maximum absolute atomic E-state index is 13.2. The Morgan fingerprint density at radius 2 is 2.19 bits per heavy atom. The molecule has 0 heterocycles. The zero-order valence-corrected chi connectivity index (χ0v) is 8.82. The van der Waals surface area contributed by atoms with Crippen LogP contribution < -0.4 is 4.74 Å². The number of rotatable bonds is 4. The quantitative estimate of drug-likeness (QED) is 0.449. The topological polar surface area (TPSA) is 69.4 Å². The Morgan fingerprint density at radius 1 is 1.56 bits per heavy atom. The molecule has 0 atom stereocenters. The van der Waals surface area contributed by atoms with Crippen molar-refractivity contribution in [1.82, 2.24) is 0 Å². The van der Waals surface area contributed by atoms with Crippen molar-refractivity contribution >= 4 is 11.5 Å². The largest absolute Gasteiger partial charge is 0.487 e. The summed E-state index contributed by atoms with van der Waals surface area (Å²) in [4.78, 5) is 21.0. The maximum Gasteiger partial charge on any atom is 0.346 e. The van der Waals surface area contributed by atoms with Crippen molar-refractivity contribution in [3.63, 3.8) is 0 Å². The number of ether oxygens (including phenoxy) is 1. The van der Waals surface area contributed by atoms with Crippen molar-refractivity contribution < 1.29 is 18.8 Å². The number of hydrogen-bond donors (Lipinski definition) is 0. The molecule has 1 aromatic carbocycles. The van der Waals surface area contributed by atoms with Crippen molar-refractivity contribution in [2.24, 2.45) is 0 Å². The van der Waals surface area contributed by atoms with E-state index in [-0.39, 0.29) is 17.9 Å². The normalized spacial score (nSPS) is 9.94. The van der Waals surface area contributed by atoms with Crippen LogP contribution in [-0.4, -0.2) is 17.3 Å². The Kier molecular flexibility index (Phi) is 3.55. The summed E-state index contributed by atoms with van der Waals surface area (Å²) in [7, 11) is 0. The van der Waals surface area contributed by atoms with Crippen LogP contribution in [0.5, 0.6) is 5.75 Å². The lowest BCUT2D eigenvalue weighted by molar-refractivity contribution is -0.388. The second-order valence-electron chi connectivity index (χ2n) is 3.02. The molecule has 1 rings (SSSR count). The molecular formula is C10H10FNO4. The van der Waals surface area contributed by atoms with Crippen LogP contribution in [0, 0.1) is 15.9 Å². The van der Waals surface area contributed by atoms with Gasteiger partial charge in [0, 0.05) is 0 Å². The van der Waals surface area contributed by atoms with Gasteiger partial charge in [-0.2, -0.15) is 4.39 Å². The van der Waals surface area contributed by atoms with Gasteiger partial charge in [-0.05, 0) is 26.0 Å². The van der Waals surface area contributed by atoms with Crippen LogP contribution in [0.4, 0.5) is 10.1 Å². The molecular weight excluding hydrogens is 217 g/mol. The minimum absolute atomic E-state index is 0.00921. The van der Waals surface area contributed by atoms with E-state index in [1.54, 1.807) is 6.92 Å². The third-order valence-electron chi connectivity index (χ3n) is 1.93. The highest BCUT2D eigenvalue weighted by atomic mass is 19.1. The van der Waals surface area contributed by atoms with E-state index >= 15 is 0 Å². The minimum Gasteiger partial charge on any atom is -0.487 e. The summed E-state index contributed by atoms with van der Waals surface area (Å²) in [5.41, 5.74) is -0.787. The summed E-state index contributed by atoms with van der Waals surface area (Å²) in [6, 6.07) is 2.06. The number of carbonyl (C=O) groups is 1. The molecule has 0 amide bonds. The number of halogens is 1. The molecule has 86 valence electrons. The standard InChI is InChI=1S/C10H10FNO4/c1-3-16-10-7(6(2)13)4-5-8(11)9(10)12(14)15/h4-5H,3H2,1-2H3. The first-order valence-corrected chi connectivity index (χ1v) is 4.59. The molecule has 0 fully saturated rings. The average Bonchev–Trinajstić information content (AvgIpc) is 2.17. The van der Waals surface area contributed by atoms with E-state index in [0.29, 0.717) is 0 Å². The van der Waals surface area contributed by atoms with Crippen LogP contribution in [0.1, 0.15) is 24.2 Å². The molecule has 0 aliphatic carbocycles. The van der Waals surface area contributed by atoms with Gasteiger partial charge in [-0.1, -0.05) is 0 Å². The monoisotopic (exact) mass is 227 g/mol. The van der Waals surface area contributed by atoms with E-state index in [1.807, 2.05) is 0 Å². The predicted octanol–water partition coefficient (Wildman–Crippen LogP) is 2.34. The molecule has 5 nitrogen and oxygen atoms in total. The SMILES string of the molecule is CCOc1c(C(C)=O)ccc(F)c1[N+](=O)[O-]. The molecule has 1 aromatic rings. The van der Waals surface area contributed by atoms with Gasteiger partial charge in [-0.15, -0.1) is 0 Å². The van der Waals surface area contributed by atoms with Crippen LogP contribution in [0.15, 0.2) is 12.1 Å². The number of nitro groups is 1. The first-order chi connectivity index (χ1) is 7.49. The average molecular weight is 227 g/mol. The summed E-state index contributed by atoms with van der Waals surface area (Å²) in [5.74, 6) is -1.73. The highest BCUT2D eigenvalue weighted by Gasteiger charge is 2.26. The number of Topliss-reactive ketones (excluding diaryl/α,β-unsaturated/α-hetero) is 1. The first kappa shape index (κ1) is 12.1. The summed E-state index contributed by atoms with van der Waals surface area (Å²) in [6.07, 6.45) is 0. The lowest BCUT2D eigenvalue weighted by atomic mass is 10.1. The zero-order chi connectivity index (χ0) is 12.3. The molecule has 16 heavy (non-hydrogen) atoms. The Bertz CT molecular complexity index is 445. The second kappa shape index (κ2) is 4.69. The lowest BCUT2D eigenvalue weighted by Gasteiger charge is -2.08. The summed E-state index contributed by atoms with van der Waals surface area (Å²) in [6.45, 7) is 2.95. The van der Waals surface area contributed by atoms with E-state index in [1.165, 1.54) is 13.0 Å². The molecule has 0 saturated carbocycles. The van der Waals surface area contributed by atoms with Crippen LogP contribution in [0.3, 0.4) is 0 Å². The zero-order valence-electron chi connectivity index (χ0n) is 8.82. The Morgan fingerprint density at radius 3 is 2.62 bits per heavy atom. The van der Waals surface area contributed by atoms with Gasteiger partial charge in [0.15, 0.2) is 5.78 Å². The highest BCUT2D eigenvalue weighted by molar-refractivity contribution is 5.98. The van der Waals surface area contributed by atoms with Crippen LogP contribution in [-0.2, 0) is 0 Å². The molecule has 0 aliphatic rings. The van der Waals surface area contributed by atoms with E-state index in [2.05, 4.69) is 0 Å². The Balaban J connectivity index is 3.49. The molecule has 0 radical (unpaired) electrons. The van der Waals surface area contributed by atoms with Crippen molar-refractivity contribution in [3.8, 4) is 5.75 Å². The molecule has 0 bridgehead atoms. The van der Waals surface area contributed by atoms with Gasteiger partial charge in [0.1, 0.15) is 0 Å². The molecule has 0 aromatic heterocycles. The number of ketones is 1. The number of carbonyl (C=O) groups excluding carboxylic acids is 1. The van der Waals surface area contributed by atoms with E-state index in [4.69, 9.17) is 4.74 Å². The Labute approximate surface area is 91.0 Å². The molecule has 0 spiro atoms. The van der Waals surface area contributed by atoms with Gasteiger partial charge in [-0.3, -0.25) is 14.9 Å². The molecule has 6 heteroatoms. The molecule has 0 aliphatic heterocycles. The fourth-order valence-electron chi connectivity index (χ4n) is 1.28. The van der Waals surface area contributed by atoms with Gasteiger partial charge >= 0.3 is 5.69 Å². The van der Waals surface area contributed by atoms with Crippen molar-refractivity contribution in [2.75, 3.05) is 6.61 Å². The summed E-state index contributed by atoms with van der Waals surface area (Å²) in [5, 5.41) is 10.7. The molecule has 0 unspecified atom stereocenters. The number of benzene rings is 1. The number of nitro benzene ring substituents is 1. The summed E-state index contributed by atoms with van der Waals surface area (Å²) < 4.78 is 18.2. The van der Waals surface area contributed by atoms with Gasteiger partial charge in [0.05, 0.1) is 17.1 Å². The van der Waals surface area contributed by atoms with Gasteiger partial charge < -0.3 is 4.74 Å². The van der Waals surface area contributed by atoms with Crippen LogP contribution in [0.2, 0.25) is 0 Å².